The summed E-state index contributed by atoms with van der Waals surface area (Å²) >= 11 is 11.8. The van der Waals surface area contributed by atoms with Crippen LogP contribution >= 0.6 is 50.1 Å². The summed E-state index contributed by atoms with van der Waals surface area (Å²) in [6, 6.07) is 14.3. The van der Waals surface area contributed by atoms with Crippen molar-refractivity contribution in [1.29, 1.82) is 0 Å². The number of rotatable bonds is 1. The van der Waals surface area contributed by atoms with Crippen LogP contribution in [0.5, 0.6) is 0 Å². The molecule has 2 rings (SSSR count). The van der Waals surface area contributed by atoms with Gasteiger partial charge in [-0.15, -0.1) is 0 Å². The van der Waals surface area contributed by atoms with E-state index in [-0.39, 0.29) is 0 Å². The molecule has 0 amide bonds. The lowest BCUT2D eigenvalue weighted by atomic mass is 10.1. The number of hydrogen-bond acceptors (Lipinski definition) is 0. The van der Waals surface area contributed by atoms with E-state index in [1.807, 2.05) is 18.2 Å². The molecular formula is C12H7BrClI. The number of benzene rings is 2. The first kappa shape index (κ1) is 11.4. The molecule has 0 radical (unpaired) electrons. The zero-order chi connectivity index (χ0) is 10.8. The van der Waals surface area contributed by atoms with E-state index in [4.69, 9.17) is 11.6 Å². The molecule has 2 aromatic carbocycles. The zero-order valence-electron chi connectivity index (χ0n) is 7.68. The first-order valence-corrected chi connectivity index (χ1v) is 6.62. The van der Waals surface area contributed by atoms with Crippen LogP contribution in [0.1, 0.15) is 0 Å². The molecule has 0 spiro atoms. The lowest BCUT2D eigenvalue weighted by molar-refractivity contribution is 1.57. The highest BCUT2D eigenvalue weighted by molar-refractivity contribution is 14.1. The van der Waals surface area contributed by atoms with Crippen LogP contribution in [-0.2, 0) is 0 Å². The van der Waals surface area contributed by atoms with Gasteiger partial charge in [-0.25, -0.2) is 0 Å². The minimum atomic E-state index is 0.748. The third-order valence-electron chi connectivity index (χ3n) is 2.02. The highest BCUT2D eigenvalue weighted by Gasteiger charge is 2.01. The van der Waals surface area contributed by atoms with Crippen molar-refractivity contribution in [2.75, 3.05) is 0 Å². The first-order valence-electron chi connectivity index (χ1n) is 4.37. The van der Waals surface area contributed by atoms with Gasteiger partial charge in [0.2, 0.25) is 0 Å². The molecule has 0 unspecified atom stereocenters. The molecule has 15 heavy (non-hydrogen) atoms. The van der Waals surface area contributed by atoms with Crippen molar-refractivity contribution < 1.29 is 0 Å². The Bertz CT molecular complexity index is 476. The molecule has 0 fully saturated rings. The summed E-state index contributed by atoms with van der Waals surface area (Å²) in [5, 5.41) is 0.748. The molecule has 0 aliphatic carbocycles. The Morgan fingerprint density at radius 2 is 1.80 bits per heavy atom. The fourth-order valence-corrected chi connectivity index (χ4v) is 2.79. The molecule has 0 aliphatic rings. The van der Waals surface area contributed by atoms with E-state index in [0.29, 0.717) is 0 Å². The van der Waals surface area contributed by atoms with Crippen LogP contribution in [0.3, 0.4) is 0 Å². The van der Waals surface area contributed by atoms with E-state index < -0.39 is 0 Å². The largest absolute Gasteiger partial charge is 0.0843 e. The van der Waals surface area contributed by atoms with Gasteiger partial charge in [-0.05, 0) is 64.0 Å². The molecule has 0 bridgehead atoms. The summed E-state index contributed by atoms with van der Waals surface area (Å²) in [6.07, 6.45) is 0. The normalized spacial score (nSPS) is 10.3. The van der Waals surface area contributed by atoms with Crippen molar-refractivity contribution in [1.82, 2.24) is 0 Å². The topological polar surface area (TPSA) is 0 Å². The highest BCUT2D eigenvalue weighted by Crippen LogP contribution is 2.28. The fourth-order valence-electron chi connectivity index (χ4n) is 1.39. The van der Waals surface area contributed by atoms with Crippen LogP contribution in [0.15, 0.2) is 46.9 Å². The average molecular weight is 393 g/mol. The van der Waals surface area contributed by atoms with Crippen LogP contribution in [0.4, 0.5) is 0 Å². The van der Waals surface area contributed by atoms with Crippen molar-refractivity contribution >= 4 is 50.1 Å². The Labute approximate surface area is 116 Å². The van der Waals surface area contributed by atoms with Gasteiger partial charge in [0.25, 0.3) is 0 Å². The van der Waals surface area contributed by atoms with Gasteiger partial charge in [-0.3, -0.25) is 0 Å². The van der Waals surface area contributed by atoms with Gasteiger partial charge in [0.1, 0.15) is 0 Å². The zero-order valence-corrected chi connectivity index (χ0v) is 12.2. The molecule has 2 aromatic rings. The summed E-state index contributed by atoms with van der Waals surface area (Å²) in [4.78, 5) is 0. The van der Waals surface area contributed by atoms with Crippen LogP contribution in [-0.4, -0.2) is 0 Å². The van der Waals surface area contributed by atoms with E-state index in [0.717, 1.165) is 15.1 Å². The Kier molecular flexibility index (Phi) is 3.69. The Hall–Kier alpha value is -0.0600. The Morgan fingerprint density at radius 3 is 2.47 bits per heavy atom. The minimum Gasteiger partial charge on any atom is -0.0843 e. The molecular weight excluding hydrogens is 386 g/mol. The summed E-state index contributed by atoms with van der Waals surface area (Å²) in [7, 11) is 0. The molecule has 0 N–H and O–H groups in total. The van der Waals surface area contributed by atoms with E-state index >= 15 is 0 Å². The van der Waals surface area contributed by atoms with E-state index in [9.17, 15) is 0 Å². The smallest absolute Gasteiger partial charge is 0.0423 e. The molecule has 0 aromatic heterocycles. The molecule has 76 valence electrons. The molecule has 0 heterocycles. The van der Waals surface area contributed by atoms with E-state index in [2.05, 4.69) is 62.8 Å². The average Bonchev–Trinajstić information content (AvgIpc) is 2.16. The number of halogens is 3. The second-order valence-electron chi connectivity index (χ2n) is 3.17. The fraction of sp³-hybridized carbons (Fsp3) is 0. The molecule has 3 heteroatoms. The second-order valence-corrected chi connectivity index (χ2v) is 5.77. The van der Waals surface area contributed by atoms with Crippen molar-refractivity contribution in [3.63, 3.8) is 0 Å². The molecule has 0 atom stereocenters. The predicted molar refractivity (Wildman–Crippen MR) is 77.3 cm³/mol. The standard InChI is InChI=1S/C12H7BrClI/c13-10-4-9(5-11(14)7-10)8-2-1-3-12(15)6-8/h1-7H. The van der Waals surface area contributed by atoms with Crippen LogP contribution in [0.2, 0.25) is 5.02 Å². The molecule has 0 saturated carbocycles. The van der Waals surface area contributed by atoms with Gasteiger partial charge in [-0.2, -0.15) is 0 Å². The Balaban J connectivity index is 2.54. The van der Waals surface area contributed by atoms with Crippen molar-refractivity contribution in [3.8, 4) is 11.1 Å². The Morgan fingerprint density at radius 1 is 1.00 bits per heavy atom. The van der Waals surface area contributed by atoms with E-state index in [1.54, 1.807) is 0 Å². The minimum absolute atomic E-state index is 0.748. The van der Waals surface area contributed by atoms with E-state index in [1.165, 1.54) is 9.13 Å². The molecule has 0 nitrogen and oxygen atoms in total. The summed E-state index contributed by atoms with van der Waals surface area (Å²) in [5.41, 5.74) is 2.32. The maximum atomic E-state index is 6.01. The second kappa shape index (κ2) is 4.85. The van der Waals surface area contributed by atoms with Gasteiger partial charge in [0.15, 0.2) is 0 Å². The summed E-state index contributed by atoms with van der Waals surface area (Å²) < 4.78 is 2.23. The quantitative estimate of drug-likeness (QED) is 0.571. The highest BCUT2D eigenvalue weighted by atomic mass is 127. The predicted octanol–water partition coefficient (Wildman–Crippen LogP) is 5.37. The maximum Gasteiger partial charge on any atom is 0.0423 e. The first-order chi connectivity index (χ1) is 7.15. The SMILES string of the molecule is Clc1cc(Br)cc(-c2cccc(I)c2)c1. The summed E-state index contributed by atoms with van der Waals surface area (Å²) in [6.45, 7) is 0. The van der Waals surface area contributed by atoms with Crippen molar-refractivity contribution in [2.24, 2.45) is 0 Å². The van der Waals surface area contributed by atoms with Gasteiger partial charge < -0.3 is 0 Å². The monoisotopic (exact) mass is 392 g/mol. The van der Waals surface area contributed by atoms with Crippen LogP contribution in [0.25, 0.3) is 11.1 Å². The van der Waals surface area contributed by atoms with Gasteiger partial charge in [-0.1, -0.05) is 39.7 Å². The number of hydrogen-bond donors (Lipinski definition) is 0. The maximum absolute atomic E-state index is 6.01. The van der Waals surface area contributed by atoms with Gasteiger partial charge >= 0.3 is 0 Å². The lowest BCUT2D eigenvalue weighted by Crippen LogP contribution is -1.79. The van der Waals surface area contributed by atoms with Crippen molar-refractivity contribution in [2.45, 2.75) is 0 Å². The van der Waals surface area contributed by atoms with Crippen molar-refractivity contribution in [3.05, 3.63) is 55.5 Å². The van der Waals surface area contributed by atoms with Gasteiger partial charge in [0.05, 0.1) is 0 Å². The molecule has 0 saturated heterocycles. The van der Waals surface area contributed by atoms with Crippen LogP contribution in [0, 0.1) is 3.57 Å². The third-order valence-corrected chi connectivity index (χ3v) is 3.37. The third kappa shape index (κ3) is 2.95. The lowest BCUT2D eigenvalue weighted by Gasteiger charge is -2.04. The summed E-state index contributed by atoms with van der Waals surface area (Å²) in [5.74, 6) is 0. The van der Waals surface area contributed by atoms with Gasteiger partial charge in [0, 0.05) is 13.1 Å². The van der Waals surface area contributed by atoms with Crippen LogP contribution < -0.4 is 0 Å². The molecule has 0 aliphatic heterocycles.